The molecule has 0 aromatic heterocycles. The Morgan fingerprint density at radius 3 is 1.03 bits per heavy atom. The lowest BCUT2D eigenvalue weighted by atomic mass is 9.77. The lowest BCUT2D eigenvalue weighted by molar-refractivity contribution is 0.745. The van der Waals surface area contributed by atoms with Crippen LogP contribution in [0, 0.1) is 5.41 Å². The van der Waals surface area contributed by atoms with E-state index in [0.29, 0.717) is 0 Å². The molecule has 1 aliphatic heterocycles. The molecule has 150 valence electrons. The minimum atomic E-state index is -0.261. The highest BCUT2D eigenvalue weighted by Crippen LogP contribution is 2.34. The molecule has 0 saturated carbocycles. The van der Waals surface area contributed by atoms with E-state index in [1.807, 2.05) is 12.1 Å². The van der Waals surface area contributed by atoms with Crippen LogP contribution in [0.5, 0.6) is 0 Å². The lowest BCUT2D eigenvalue weighted by Crippen LogP contribution is -2.31. The minimum Gasteiger partial charge on any atom is -0.154 e. The lowest BCUT2D eigenvalue weighted by Gasteiger charge is -2.23. The number of rotatable bonds is 4. The topological polar surface area (TPSA) is 24.7 Å². The van der Waals surface area contributed by atoms with Crippen molar-refractivity contribution in [2.75, 3.05) is 0 Å². The fraction of sp³-hybridized carbons (Fsp3) is 0.103. The smallest absolute Gasteiger partial charge is 0.0819 e. The summed E-state index contributed by atoms with van der Waals surface area (Å²) in [6.07, 6.45) is 0. The SMILES string of the molecule is CC1(C)C(c2ccc(-c3ccccc3)cc2)=NN=C1c1ccc(-c2ccccc2)cc1. The molecule has 0 N–H and O–H groups in total. The van der Waals surface area contributed by atoms with Crippen LogP contribution < -0.4 is 0 Å². The zero-order valence-corrected chi connectivity index (χ0v) is 17.8. The van der Waals surface area contributed by atoms with E-state index in [-0.39, 0.29) is 5.41 Å². The summed E-state index contributed by atoms with van der Waals surface area (Å²) in [6, 6.07) is 38.1. The van der Waals surface area contributed by atoms with E-state index in [0.717, 1.165) is 22.6 Å². The summed E-state index contributed by atoms with van der Waals surface area (Å²) >= 11 is 0. The van der Waals surface area contributed by atoms with Gasteiger partial charge in [0, 0.05) is 0 Å². The molecule has 0 amide bonds. The second-order valence-corrected chi connectivity index (χ2v) is 8.41. The van der Waals surface area contributed by atoms with Crippen LogP contribution in [0.1, 0.15) is 25.0 Å². The maximum atomic E-state index is 4.60. The molecule has 4 aromatic carbocycles. The fourth-order valence-corrected chi connectivity index (χ4v) is 4.20. The van der Waals surface area contributed by atoms with Crippen LogP contribution in [0.2, 0.25) is 0 Å². The molecule has 4 aromatic rings. The summed E-state index contributed by atoms with van der Waals surface area (Å²) in [6.45, 7) is 4.40. The molecule has 0 atom stereocenters. The molecular formula is C29H24N2. The molecule has 2 heteroatoms. The van der Waals surface area contributed by atoms with Crippen LogP contribution in [0.4, 0.5) is 0 Å². The van der Waals surface area contributed by atoms with Gasteiger partial charge in [0.05, 0.1) is 16.8 Å². The average Bonchev–Trinajstić information content (AvgIpc) is 3.15. The second kappa shape index (κ2) is 7.81. The summed E-state index contributed by atoms with van der Waals surface area (Å²) in [5, 5.41) is 9.21. The first kappa shape index (κ1) is 19.2. The fourth-order valence-electron chi connectivity index (χ4n) is 4.20. The van der Waals surface area contributed by atoms with Gasteiger partial charge in [-0.05, 0) is 47.2 Å². The second-order valence-electron chi connectivity index (χ2n) is 8.41. The predicted molar refractivity (Wildman–Crippen MR) is 131 cm³/mol. The van der Waals surface area contributed by atoms with Crippen molar-refractivity contribution >= 4 is 11.4 Å². The zero-order valence-electron chi connectivity index (χ0n) is 17.8. The first-order valence-electron chi connectivity index (χ1n) is 10.6. The molecule has 0 fully saturated rings. The third-order valence-electron chi connectivity index (χ3n) is 5.96. The van der Waals surface area contributed by atoms with Crippen molar-refractivity contribution in [2.24, 2.45) is 15.6 Å². The van der Waals surface area contributed by atoms with Crippen molar-refractivity contribution in [2.45, 2.75) is 13.8 Å². The Balaban J connectivity index is 1.39. The van der Waals surface area contributed by atoms with E-state index in [1.165, 1.54) is 22.3 Å². The van der Waals surface area contributed by atoms with Gasteiger partial charge in [-0.1, -0.05) is 109 Å². The normalized spacial score (nSPS) is 14.8. The molecule has 31 heavy (non-hydrogen) atoms. The van der Waals surface area contributed by atoms with E-state index < -0.39 is 0 Å². The van der Waals surface area contributed by atoms with Gasteiger partial charge in [-0.15, -0.1) is 0 Å². The summed E-state index contributed by atoms with van der Waals surface area (Å²) in [4.78, 5) is 0. The van der Waals surface area contributed by atoms with E-state index in [2.05, 4.69) is 121 Å². The van der Waals surface area contributed by atoms with Gasteiger partial charge in [-0.2, -0.15) is 10.2 Å². The summed E-state index contributed by atoms with van der Waals surface area (Å²) in [7, 11) is 0. The van der Waals surface area contributed by atoms with Crippen LogP contribution >= 0.6 is 0 Å². The van der Waals surface area contributed by atoms with Crippen molar-refractivity contribution < 1.29 is 0 Å². The molecule has 0 saturated heterocycles. The van der Waals surface area contributed by atoms with Crippen molar-refractivity contribution in [3.63, 3.8) is 0 Å². The standard InChI is InChI=1S/C29H24N2/c1-29(2)27(25-17-13-23(14-18-25)21-9-5-3-6-10-21)30-31-28(29)26-19-15-24(16-20-26)22-11-7-4-8-12-22/h3-20H,1-2H3. The van der Waals surface area contributed by atoms with Crippen LogP contribution in [-0.4, -0.2) is 11.4 Å². The summed E-state index contributed by atoms with van der Waals surface area (Å²) in [5.74, 6) is 0. The maximum absolute atomic E-state index is 4.60. The molecular weight excluding hydrogens is 376 g/mol. The van der Waals surface area contributed by atoms with Gasteiger partial charge >= 0.3 is 0 Å². The van der Waals surface area contributed by atoms with Gasteiger partial charge in [-0.3, -0.25) is 0 Å². The quantitative estimate of drug-likeness (QED) is 0.344. The molecule has 0 unspecified atom stereocenters. The average molecular weight is 401 g/mol. The minimum absolute atomic E-state index is 0.261. The van der Waals surface area contributed by atoms with Crippen LogP contribution in [0.3, 0.4) is 0 Å². The Hall–Kier alpha value is -3.78. The molecule has 1 heterocycles. The first-order valence-corrected chi connectivity index (χ1v) is 10.6. The van der Waals surface area contributed by atoms with E-state index in [4.69, 9.17) is 0 Å². The molecule has 1 aliphatic rings. The zero-order chi connectivity index (χ0) is 21.3. The third-order valence-corrected chi connectivity index (χ3v) is 5.96. The van der Waals surface area contributed by atoms with Crippen molar-refractivity contribution in [3.8, 4) is 22.3 Å². The monoisotopic (exact) mass is 400 g/mol. The summed E-state index contributed by atoms with van der Waals surface area (Å²) in [5.41, 5.74) is 8.84. The number of hydrogen-bond donors (Lipinski definition) is 0. The van der Waals surface area contributed by atoms with E-state index in [1.54, 1.807) is 0 Å². The highest BCUT2D eigenvalue weighted by molar-refractivity contribution is 6.25. The Bertz CT molecular complexity index is 1150. The van der Waals surface area contributed by atoms with E-state index >= 15 is 0 Å². The van der Waals surface area contributed by atoms with Crippen molar-refractivity contribution in [3.05, 3.63) is 120 Å². The molecule has 5 rings (SSSR count). The number of hydrogen-bond acceptors (Lipinski definition) is 2. The van der Waals surface area contributed by atoms with E-state index in [9.17, 15) is 0 Å². The van der Waals surface area contributed by atoms with Gasteiger partial charge in [0.15, 0.2) is 0 Å². The molecule has 0 radical (unpaired) electrons. The molecule has 0 bridgehead atoms. The summed E-state index contributed by atoms with van der Waals surface area (Å²) < 4.78 is 0. The Morgan fingerprint density at radius 2 is 0.677 bits per heavy atom. The predicted octanol–water partition coefficient (Wildman–Crippen LogP) is 7.25. The van der Waals surface area contributed by atoms with Gasteiger partial charge in [0.1, 0.15) is 0 Å². The Morgan fingerprint density at radius 1 is 0.387 bits per heavy atom. The molecule has 2 nitrogen and oxygen atoms in total. The Labute approximate surface area is 183 Å². The van der Waals surface area contributed by atoms with Gasteiger partial charge in [-0.25, -0.2) is 0 Å². The van der Waals surface area contributed by atoms with Crippen molar-refractivity contribution in [1.29, 1.82) is 0 Å². The van der Waals surface area contributed by atoms with Crippen molar-refractivity contribution in [1.82, 2.24) is 0 Å². The highest BCUT2D eigenvalue weighted by Gasteiger charge is 2.37. The maximum Gasteiger partial charge on any atom is 0.0819 e. The van der Waals surface area contributed by atoms with Crippen LogP contribution in [-0.2, 0) is 0 Å². The Kier molecular flexibility index (Phi) is 4.83. The van der Waals surface area contributed by atoms with Gasteiger partial charge < -0.3 is 0 Å². The van der Waals surface area contributed by atoms with Gasteiger partial charge in [0.25, 0.3) is 0 Å². The van der Waals surface area contributed by atoms with Crippen LogP contribution in [0.25, 0.3) is 22.3 Å². The number of nitrogens with zero attached hydrogens (tertiary/aromatic N) is 2. The largest absolute Gasteiger partial charge is 0.154 e. The first-order chi connectivity index (χ1) is 15.1. The molecule has 0 spiro atoms. The molecule has 0 aliphatic carbocycles. The highest BCUT2D eigenvalue weighted by atomic mass is 15.2. The van der Waals surface area contributed by atoms with Gasteiger partial charge in [0.2, 0.25) is 0 Å². The third kappa shape index (κ3) is 3.62. The van der Waals surface area contributed by atoms with Crippen LogP contribution in [0.15, 0.2) is 119 Å². The number of benzene rings is 4.